The summed E-state index contributed by atoms with van der Waals surface area (Å²) in [4.78, 5) is 10.5. The van der Waals surface area contributed by atoms with Gasteiger partial charge in [-0.1, -0.05) is 38.1 Å². The first kappa shape index (κ1) is 15.2. The predicted molar refractivity (Wildman–Crippen MR) is 86.1 cm³/mol. The fourth-order valence-corrected chi connectivity index (χ4v) is 3.01. The van der Waals surface area contributed by atoms with Gasteiger partial charge in [0, 0.05) is 0 Å². The molecule has 0 amide bonds. The molecule has 0 bridgehead atoms. The van der Waals surface area contributed by atoms with Crippen LogP contribution in [0.25, 0.3) is 0 Å². The van der Waals surface area contributed by atoms with Gasteiger partial charge >= 0.3 is 0 Å². The molecule has 3 heteroatoms. The van der Waals surface area contributed by atoms with Crippen LogP contribution in [0, 0.1) is 4.91 Å². The van der Waals surface area contributed by atoms with Gasteiger partial charge in [0.05, 0.1) is 0 Å². The summed E-state index contributed by atoms with van der Waals surface area (Å²) in [7, 11) is 0. The second-order valence-electron chi connectivity index (χ2n) is 5.30. The molecule has 2 atom stereocenters. The highest BCUT2D eigenvalue weighted by atomic mass is 16.3. The summed E-state index contributed by atoms with van der Waals surface area (Å²) in [5, 5.41) is 12.4. The van der Waals surface area contributed by atoms with E-state index in [-0.39, 0.29) is 0 Å². The molecule has 2 aromatic carbocycles. The van der Waals surface area contributed by atoms with Gasteiger partial charge in [0.15, 0.2) is 0 Å². The fraction of sp³-hybridized carbons (Fsp3) is 0.333. The highest BCUT2D eigenvalue weighted by Gasteiger charge is 2.22. The van der Waals surface area contributed by atoms with E-state index in [0.717, 1.165) is 12.8 Å². The van der Waals surface area contributed by atoms with Crippen molar-refractivity contribution in [3.63, 3.8) is 0 Å². The smallest absolute Gasteiger partial charge is 0.115 e. The molecule has 3 nitrogen and oxygen atoms in total. The van der Waals surface area contributed by atoms with Crippen molar-refractivity contribution in [1.29, 1.82) is 0 Å². The minimum absolute atomic E-state index is 0.295. The summed E-state index contributed by atoms with van der Waals surface area (Å²) in [6.45, 7) is 4.36. The second-order valence-corrected chi connectivity index (χ2v) is 5.30. The lowest BCUT2D eigenvalue weighted by Crippen LogP contribution is -2.10. The third-order valence-electron chi connectivity index (χ3n) is 4.11. The van der Waals surface area contributed by atoms with Crippen LogP contribution in [0.3, 0.4) is 0 Å². The Hall–Kier alpha value is -2.16. The third kappa shape index (κ3) is 3.48. The van der Waals surface area contributed by atoms with Gasteiger partial charge in [-0.3, -0.25) is 0 Å². The fourth-order valence-electron chi connectivity index (χ4n) is 3.01. The summed E-state index contributed by atoms with van der Waals surface area (Å²) >= 11 is 0. The summed E-state index contributed by atoms with van der Waals surface area (Å²) in [6.07, 6.45) is 2.05. The van der Waals surface area contributed by atoms with Crippen LogP contribution >= 0.6 is 0 Å². The molecule has 0 spiro atoms. The van der Waals surface area contributed by atoms with E-state index in [4.69, 9.17) is 0 Å². The van der Waals surface area contributed by atoms with Crippen molar-refractivity contribution in [3.05, 3.63) is 64.6 Å². The number of benzene rings is 2. The molecular weight excluding hydrogens is 262 g/mol. The zero-order valence-corrected chi connectivity index (χ0v) is 12.5. The second kappa shape index (κ2) is 7.02. The molecule has 1 N–H and O–H groups in total. The van der Waals surface area contributed by atoms with Crippen molar-refractivity contribution in [3.8, 4) is 5.75 Å². The molecule has 21 heavy (non-hydrogen) atoms. The van der Waals surface area contributed by atoms with Gasteiger partial charge in [0.1, 0.15) is 11.4 Å². The average molecular weight is 283 g/mol. The molecule has 0 aliphatic carbocycles. The van der Waals surface area contributed by atoms with Crippen LogP contribution < -0.4 is 0 Å². The monoisotopic (exact) mass is 283 g/mol. The van der Waals surface area contributed by atoms with Gasteiger partial charge < -0.3 is 5.11 Å². The number of hydrogen-bond donors (Lipinski definition) is 1. The normalized spacial score (nSPS) is 13.6. The van der Waals surface area contributed by atoms with Crippen molar-refractivity contribution < 1.29 is 5.11 Å². The van der Waals surface area contributed by atoms with E-state index in [9.17, 15) is 10.0 Å². The maximum Gasteiger partial charge on any atom is 0.115 e. The molecule has 2 rings (SSSR count). The molecule has 0 heterocycles. The lowest BCUT2D eigenvalue weighted by atomic mass is 9.78. The molecule has 0 fully saturated rings. The van der Waals surface area contributed by atoms with Crippen LogP contribution in [-0.2, 0) is 0 Å². The van der Waals surface area contributed by atoms with Gasteiger partial charge in [-0.2, -0.15) is 0 Å². The Kier molecular flexibility index (Phi) is 5.09. The van der Waals surface area contributed by atoms with E-state index in [0.29, 0.717) is 23.3 Å². The highest BCUT2D eigenvalue weighted by Crippen LogP contribution is 2.38. The van der Waals surface area contributed by atoms with Crippen LogP contribution in [0.2, 0.25) is 0 Å². The molecule has 0 radical (unpaired) electrons. The van der Waals surface area contributed by atoms with Crippen molar-refractivity contribution >= 4 is 5.69 Å². The predicted octanol–water partition coefficient (Wildman–Crippen LogP) is 5.48. The minimum atomic E-state index is 0.295. The van der Waals surface area contributed by atoms with E-state index in [1.165, 1.54) is 11.1 Å². The van der Waals surface area contributed by atoms with Gasteiger partial charge in [-0.25, -0.2) is 0 Å². The van der Waals surface area contributed by atoms with E-state index >= 15 is 0 Å². The highest BCUT2D eigenvalue weighted by molar-refractivity contribution is 5.41. The lowest BCUT2D eigenvalue weighted by Gasteiger charge is -2.26. The number of phenols is 1. The van der Waals surface area contributed by atoms with Crippen molar-refractivity contribution in [1.82, 2.24) is 0 Å². The first-order chi connectivity index (χ1) is 10.2. The quantitative estimate of drug-likeness (QED) is 0.714. The minimum Gasteiger partial charge on any atom is -0.508 e. The maximum absolute atomic E-state index is 10.5. The first-order valence-electron chi connectivity index (χ1n) is 7.41. The van der Waals surface area contributed by atoms with Crippen LogP contribution in [-0.4, -0.2) is 5.11 Å². The number of nitroso groups, excluding NO2 is 1. The number of nitrogens with zero attached hydrogens (tertiary/aromatic N) is 1. The Bertz CT molecular complexity index is 575. The van der Waals surface area contributed by atoms with E-state index in [1.54, 1.807) is 24.3 Å². The Balaban J connectivity index is 2.31. The molecule has 0 saturated heterocycles. The summed E-state index contributed by atoms with van der Waals surface area (Å²) in [5.41, 5.74) is 2.93. The molecule has 0 aliphatic rings. The molecule has 0 saturated carbocycles. The SMILES string of the molecule is CCC(c1ccc(O)cc1)C(CC)c1ccc(N=O)cc1. The van der Waals surface area contributed by atoms with Gasteiger partial charge in [0.2, 0.25) is 0 Å². The maximum atomic E-state index is 10.5. The lowest BCUT2D eigenvalue weighted by molar-refractivity contribution is 0.473. The number of rotatable bonds is 6. The number of hydrogen-bond acceptors (Lipinski definition) is 3. The van der Waals surface area contributed by atoms with Crippen LogP contribution in [0.5, 0.6) is 5.75 Å². The number of aromatic hydroxyl groups is 1. The Morgan fingerprint density at radius 3 is 1.67 bits per heavy atom. The van der Waals surface area contributed by atoms with E-state index in [1.807, 2.05) is 24.3 Å². The summed E-state index contributed by atoms with van der Waals surface area (Å²) in [5.74, 6) is 1.08. The van der Waals surface area contributed by atoms with Crippen molar-refractivity contribution in [2.24, 2.45) is 5.18 Å². The Morgan fingerprint density at radius 1 is 0.857 bits per heavy atom. The van der Waals surface area contributed by atoms with Gasteiger partial charge in [0.25, 0.3) is 0 Å². The van der Waals surface area contributed by atoms with Crippen LogP contribution in [0.1, 0.15) is 49.7 Å². The van der Waals surface area contributed by atoms with E-state index in [2.05, 4.69) is 19.0 Å². The standard InChI is InChI=1S/C18H21NO2/c1-3-17(13-5-9-15(19-21)10-6-13)18(4-2)14-7-11-16(20)12-8-14/h5-12,17-18,20H,3-4H2,1-2H3. The van der Waals surface area contributed by atoms with E-state index < -0.39 is 0 Å². The number of phenolic OH excluding ortho intramolecular Hbond substituents is 1. The van der Waals surface area contributed by atoms with Crippen LogP contribution in [0.15, 0.2) is 53.7 Å². The first-order valence-corrected chi connectivity index (χ1v) is 7.41. The largest absolute Gasteiger partial charge is 0.508 e. The van der Waals surface area contributed by atoms with Crippen molar-refractivity contribution in [2.45, 2.75) is 38.5 Å². The zero-order chi connectivity index (χ0) is 15.2. The molecule has 110 valence electrons. The Labute approximate surface area is 125 Å². The Morgan fingerprint density at radius 2 is 1.29 bits per heavy atom. The molecular formula is C18H21NO2. The molecule has 0 aromatic heterocycles. The van der Waals surface area contributed by atoms with Crippen LogP contribution in [0.4, 0.5) is 5.69 Å². The topological polar surface area (TPSA) is 49.7 Å². The molecule has 2 aromatic rings. The average Bonchev–Trinajstić information content (AvgIpc) is 2.54. The van der Waals surface area contributed by atoms with Gasteiger partial charge in [-0.15, -0.1) is 4.91 Å². The van der Waals surface area contributed by atoms with Gasteiger partial charge in [-0.05, 0) is 65.2 Å². The third-order valence-corrected chi connectivity index (χ3v) is 4.11. The molecule has 2 unspecified atom stereocenters. The summed E-state index contributed by atoms with van der Waals surface area (Å²) < 4.78 is 0. The van der Waals surface area contributed by atoms with Crippen molar-refractivity contribution in [2.75, 3.05) is 0 Å². The zero-order valence-electron chi connectivity index (χ0n) is 12.5. The molecule has 0 aliphatic heterocycles. The summed E-state index contributed by atoms with van der Waals surface area (Å²) in [6, 6.07) is 15.0.